The number of aromatic nitrogens is 2. The Labute approximate surface area is 127 Å². The van der Waals surface area contributed by atoms with Crippen molar-refractivity contribution in [2.75, 3.05) is 11.8 Å². The zero-order valence-corrected chi connectivity index (χ0v) is 12.8. The van der Waals surface area contributed by atoms with E-state index >= 15 is 0 Å². The molecule has 1 aromatic carbocycles. The number of benzene rings is 1. The van der Waals surface area contributed by atoms with Gasteiger partial charge in [-0.25, -0.2) is 4.79 Å². The van der Waals surface area contributed by atoms with E-state index in [0.29, 0.717) is 6.54 Å². The number of hydrogen-bond donors (Lipinski definition) is 2. The van der Waals surface area contributed by atoms with E-state index in [9.17, 15) is 13.2 Å². The van der Waals surface area contributed by atoms with Gasteiger partial charge in [0, 0.05) is 12.6 Å². The van der Waals surface area contributed by atoms with Crippen molar-refractivity contribution in [3.63, 3.8) is 0 Å². The lowest BCUT2D eigenvalue weighted by molar-refractivity contribution is 0.0693. The summed E-state index contributed by atoms with van der Waals surface area (Å²) in [5, 5.41) is 12.9. The molecule has 0 saturated carbocycles. The highest BCUT2D eigenvalue weighted by Crippen LogP contribution is 2.25. The third-order valence-corrected chi connectivity index (χ3v) is 4.34. The molecule has 0 aliphatic heterocycles. The molecule has 1 aromatic heterocycles. The van der Waals surface area contributed by atoms with E-state index in [0.717, 1.165) is 0 Å². The van der Waals surface area contributed by atoms with Gasteiger partial charge >= 0.3 is 5.97 Å². The van der Waals surface area contributed by atoms with Crippen LogP contribution in [0.4, 0.5) is 5.69 Å². The maximum Gasteiger partial charge on any atom is 0.339 e. The third kappa shape index (κ3) is 3.03. The first-order valence-electron chi connectivity index (χ1n) is 6.35. The molecule has 0 unspecified atom stereocenters. The van der Waals surface area contributed by atoms with E-state index in [-0.39, 0.29) is 22.0 Å². The summed E-state index contributed by atoms with van der Waals surface area (Å²) in [6.45, 7) is 2.18. The minimum atomic E-state index is -3.82. The van der Waals surface area contributed by atoms with Gasteiger partial charge in [-0.05, 0) is 25.1 Å². The largest absolute Gasteiger partial charge is 0.496 e. The number of anilines is 1. The molecule has 2 N–H and O–H groups in total. The monoisotopic (exact) mass is 325 g/mol. The number of nitrogens with one attached hydrogen (secondary N) is 1. The Hall–Kier alpha value is -2.55. The molecule has 0 atom stereocenters. The number of aryl methyl sites for hydroxylation is 1. The molecule has 118 valence electrons. The van der Waals surface area contributed by atoms with Crippen LogP contribution in [0.25, 0.3) is 0 Å². The van der Waals surface area contributed by atoms with Gasteiger partial charge in [-0.1, -0.05) is 0 Å². The van der Waals surface area contributed by atoms with Crippen molar-refractivity contribution >= 4 is 21.7 Å². The van der Waals surface area contributed by atoms with Crippen molar-refractivity contribution in [3.8, 4) is 5.75 Å². The topological polar surface area (TPSA) is 111 Å². The van der Waals surface area contributed by atoms with E-state index in [1.165, 1.54) is 42.3 Å². The van der Waals surface area contributed by atoms with E-state index < -0.39 is 16.0 Å². The second-order valence-electron chi connectivity index (χ2n) is 4.31. The molecular weight excluding hydrogens is 310 g/mol. The summed E-state index contributed by atoms with van der Waals surface area (Å²) >= 11 is 0. The first-order valence-corrected chi connectivity index (χ1v) is 7.83. The Balaban J connectivity index is 2.36. The van der Waals surface area contributed by atoms with Crippen molar-refractivity contribution in [3.05, 3.63) is 36.0 Å². The maximum absolute atomic E-state index is 12.3. The lowest BCUT2D eigenvalue weighted by atomic mass is 10.2. The predicted molar refractivity (Wildman–Crippen MR) is 78.7 cm³/mol. The van der Waals surface area contributed by atoms with Crippen LogP contribution in [0.3, 0.4) is 0 Å². The molecule has 0 aliphatic rings. The molecule has 0 spiro atoms. The van der Waals surface area contributed by atoms with Crippen LogP contribution in [0.2, 0.25) is 0 Å². The van der Waals surface area contributed by atoms with Gasteiger partial charge in [0.2, 0.25) is 0 Å². The number of methoxy groups -OCH3 is 1. The van der Waals surface area contributed by atoms with Gasteiger partial charge in [0.25, 0.3) is 10.0 Å². The van der Waals surface area contributed by atoms with Crippen LogP contribution in [0.1, 0.15) is 17.3 Å². The van der Waals surface area contributed by atoms with Gasteiger partial charge < -0.3 is 9.84 Å². The minimum Gasteiger partial charge on any atom is -0.496 e. The van der Waals surface area contributed by atoms with Crippen molar-refractivity contribution in [2.45, 2.75) is 18.5 Å². The summed E-state index contributed by atoms with van der Waals surface area (Å²) in [5.41, 5.74) is 0.148. The second kappa shape index (κ2) is 6.06. The average molecular weight is 325 g/mol. The van der Waals surface area contributed by atoms with Crippen molar-refractivity contribution in [1.29, 1.82) is 0 Å². The highest BCUT2D eigenvalue weighted by molar-refractivity contribution is 7.92. The molecule has 0 fully saturated rings. The summed E-state index contributed by atoms with van der Waals surface area (Å²) in [7, 11) is -2.51. The molecule has 0 bridgehead atoms. The number of hydrogen-bond acceptors (Lipinski definition) is 5. The lowest BCUT2D eigenvalue weighted by Crippen LogP contribution is -2.18. The van der Waals surface area contributed by atoms with Crippen molar-refractivity contribution in [2.24, 2.45) is 0 Å². The average Bonchev–Trinajstić information content (AvgIpc) is 2.95. The van der Waals surface area contributed by atoms with E-state index in [2.05, 4.69) is 9.82 Å². The lowest BCUT2D eigenvalue weighted by Gasteiger charge is -2.11. The fraction of sp³-hybridized carbons (Fsp3) is 0.231. The summed E-state index contributed by atoms with van der Waals surface area (Å²) in [6.07, 6.45) is 1.40. The highest BCUT2D eigenvalue weighted by atomic mass is 32.2. The maximum atomic E-state index is 12.3. The van der Waals surface area contributed by atoms with Crippen molar-refractivity contribution in [1.82, 2.24) is 9.78 Å². The molecule has 0 saturated heterocycles. The zero-order chi connectivity index (χ0) is 16.3. The molecule has 1 heterocycles. The smallest absolute Gasteiger partial charge is 0.339 e. The van der Waals surface area contributed by atoms with Crippen molar-refractivity contribution < 1.29 is 23.1 Å². The Morgan fingerprint density at radius 2 is 2.14 bits per heavy atom. The molecular formula is C13H15N3O5S. The Morgan fingerprint density at radius 1 is 1.41 bits per heavy atom. The Morgan fingerprint density at radius 3 is 2.73 bits per heavy atom. The molecule has 0 amide bonds. The van der Waals surface area contributed by atoms with Gasteiger partial charge in [-0.3, -0.25) is 9.40 Å². The molecule has 0 radical (unpaired) electrons. The zero-order valence-electron chi connectivity index (χ0n) is 12.0. The summed E-state index contributed by atoms with van der Waals surface area (Å²) in [6, 6.07) is 5.33. The summed E-state index contributed by atoms with van der Waals surface area (Å²) in [5.74, 6) is -1.09. The molecule has 2 aromatic rings. The number of carboxylic acid groups (broad SMARTS) is 1. The summed E-state index contributed by atoms with van der Waals surface area (Å²) < 4.78 is 33.3. The Bertz CT molecular complexity index is 798. The van der Waals surface area contributed by atoms with Crippen LogP contribution in [0.5, 0.6) is 5.75 Å². The molecule has 9 heteroatoms. The first-order chi connectivity index (χ1) is 10.4. The van der Waals surface area contributed by atoms with E-state index in [1.54, 1.807) is 6.92 Å². The highest BCUT2D eigenvalue weighted by Gasteiger charge is 2.20. The fourth-order valence-corrected chi connectivity index (χ4v) is 3.16. The number of rotatable bonds is 6. The third-order valence-electron chi connectivity index (χ3n) is 2.94. The quantitative estimate of drug-likeness (QED) is 0.831. The van der Waals surface area contributed by atoms with Gasteiger partial charge in [-0.2, -0.15) is 13.5 Å². The minimum absolute atomic E-state index is 0.0243. The molecule has 2 rings (SSSR count). The van der Waals surface area contributed by atoms with Crippen LogP contribution >= 0.6 is 0 Å². The number of sulfonamides is 1. The predicted octanol–water partition coefficient (Wildman–Crippen LogP) is 1.41. The normalized spacial score (nSPS) is 11.2. The molecule has 0 aliphatic carbocycles. The number of carbonyl (C=O) groups is 1. The number of nitrogens with zero attached hydrogens (tertiary/aromatic N) is 2. The number of carboxylic acids is 1. The number of ether oxygens (including phenoxy) is 1. The Kier molecular flexibility index (Phi) is 4.36. The first kappa shape index (κ1) is 15.8. The van der Waals surface area contributed by atoms with Crippen LogP contribution in [0.15, 0.2) is 35.5 Å². The van der Waals surface area contributed by atoms with E-state index in [1.807, 2.05) is 0 Å². The van der Waals surface area contributed by atoms with Gasteiger partial charge in [0.1, 0.15) is 11.3 Å². The molecule has 22 heavy (non-hydrogen) atoms. The van der Waals surface area contributed by atoms with Gasteiger partial charge in [0.05, 0.1) is 19.0 Å². The fourth-order valence-electron chi connectivity index (χ4n) is 1.93. The van der Waals surface area contributed by atoms with Crippen LogP contribution in [-0.4, -0.2) is 36.4 Å². The number of aromatic carboxylic acids is 1. The van der Waals surface area contributed by atoms with E-state index in [4.69, 9.17) is 9.84 Å². The molecule has 8 nitrogen and oxygen atoms in total. The van der Waals surface area contributed by atoms with Crippen LogP contribution in [-0.2, 0) is 16.6 Å². The standard InChI is InChI=1S/C13H15N3O5S/c1-3-16-12(6-7-14-16)22(19,20)15-9-4-5-10(13(17)18)11(8-9)21-2/h4-8,15H,3H2,1-2H3,(H,17,18). The van der Waals surface area contributed by atoms with Crippen LogP contribution < -0.4 is 9.46 Å². The van der Waals surface area contributed by atoms with Gasteiger partial charge in [0.15, 0.2) is 5.03 Å². The second-order valence-corrected chi connectivity index (χ2v) is 5.94. The van der Waals surface area contributed by atoms with Gasteiger partial charge in [-0.15, -0.1) is 0 Å². The van der Waals surface area contributed by atoms with Crippen LogP contribution in [0, 0.1) is 0 Å². The SMILES string of the molecule is CCn1nccc1S(=O)(=O)Nc1ccc(C(=O)O)c(OC)c1. The summed E-state index contributed by atoms with van der Waals surface area (Å²) in [4.78, 5) is 11.0.